The lowest BCUT2D eigenvalue weighted by molar-refractivity contribution is 1.10. The molecule has 0 saturated carbocycles. The van der Waals surface area contributed by atoms with Gasteiger partial charge >= 0.3 is 0 Å². The molecule has 0 unspecified atom stereocenters. The summed E-state index contributed by atoms with van der Waals surface area (Å²) in [5.74, 6) is 0. The average Bonchev–Trinajstić information content (AvgIpc) is 2.44. The van der Waals surface area contributed by atoms with Gasteiger partial charge in [0.15, 0.2) is 0 Å². The van der Waals surface area contributed by atoms with Crippen LogP contribution in [-0.4, -0.2) is 0 Å². The second-order valence-electron chi connectivity index (χ2n) is 3.81. The van der Waals surface area contributed by atoms with E-state index in [2.05, 4.69) is 48.6 Å². The molecular formula is C14H12. The van der Waals surface area contributed by atoms with Gasteiger partial charge in [0.25, 0.3) is 0 Å². The van der Waals surface area contributed by atoms with Crippen LogP contribution in [0.4, 0.5) is 0 Å². The third-order valence-corrected chi connectivity index (χ3v) is 2.91. The van der Waals surface area contributed by atoms with E-state index in [0.717, 1.165) is 12.8 Å². The van der Waals surface area contributed by atoms with E-state index in [1.165, 1.54) is 22.3 Å². The highest BCUT2D eigenvalue weighted by atomic mass is 14.2. The van der Waals surface area contributed by atoms with Crippen molar-refractivity contribution in [3.63, 3.8) is 0 Å². The van der Waals surface area contributed by atoms with E-state index in [1.807, 2.05) is 0 Å². The van der Waals surface area contributed by atoms with Gasteiger partial charge in [-0.2, -0.15) is 0 Å². The highest BCUT2D eigenvalue weighted by molar-refractivity contribution is 5.64. The van der Waals surface area contributed by atoms with Gasteiger partial charge in [-0.05, 0) is 35.1 Å². The maximum atomic E-state index is 2.27. The Kier molecular flexibility index (Phi) is 1.66. The van der Waals surface area contributed by atoms with Crippen molar-refractivity contribution < 1.29 is 0 Å². The van der Waals surface area contributed by atoms with Crippen LogP contribution in [0.15, 0.2) is 70.9 Å². The fraction of sp³-hybridized carbons (Fsp3) is 0.143. The topological polar surface area (TPSA) is 0 Å². The minimum absolute atomic E-state index is 1.08. The molecule has 0 atom stereocenters. The Labute approximate surface area is 84.3 Å². The molecule has 3 rings (SSSR count). The summed E-state index contributed by atoms with van der Waals surface area (Å²) in [4.78, 5) is 0. The second kappa shape index (κ2) is 2.98. The molecule has 0 amide bonds. The molecule has 0 saturated heterocycles. The van der Waals surface area contributed by atoms with Gasteiger partial charge in [-0.25, -0.2) is 0 Å². The van der Waals surface area contributed by atoms with Crippen molar-refractivity contribution in [1.82, 2.24) is 0 Å². The Hall–Kier alpha value is -1.56. The molecule has 0 bridgehead atoms. The summed E-state index contributed by atoms with van der Waals surface area (Å²) in [6, 6.07) is 0. The maximum Gasteiger partial charge on any atom is -0.00880 e. The molecule has 0 N–H and O–H groups in total. The zero-order valence-electron chi connectivity index (χ0n) is 8.03. The van der Waals surface area contributed by atoms with Crippen LogP contribution in [0.1, 0.15) is 12.8 Å². The van der Waals surface area contributed by atoms with Gasteiger partial charge in [-0.1, -0.05) is 48.6 Å². The molecule has 68 valence electrons. The molecule has 0 fully saturated rings. The Morgan fingerprint density at radius 2 is 1.71 bits per heavy atom. The lowest BCUT2D eigenvalue weighted by Gasteiger charge is -2.21. The Bertz CT molecular complexity index is 448. The molecule has 0 heteroatoms. The highest BCUT2D eigenvalue weighted by Gasteiger charge is 2.18. The van der Waals surface area contributed by atoms with Crippen molar-refractivity contribution >= 4 is 0 Å². The lowest BCUT2D eigenvalue weighted by atomic mass is 9.83. The van der Waals surface area contributed by atoms with Gasteiger partial charge in [-0.15, -0.1) is 0 Å². The molecule has 0 radical (unpaired) electrons. The summed E-state index contributed by atoms with van der Waals surface area (Å²) in [6.07, 6.45) is 19.9. The van der Waals surface area contributed by atoms with Crippen molar-refractivity contribution in [2.24, 2.45) is 0 Å². The fourth-order valence-corrected chi connectivity index (χ4v) is 2.28. The molecule has 0 aromatic heterocycles. The molecule has 0 aliphatic heterocycles. The van der Waals surface area contributed by atoms with Crippen LogP contribution < -0.4 is 0 Å². The molecule has 0 aromatic rings. The van der Waals surface area contributed by atoms with Crippen molar-refractivity contribution in [1.29, 1.82) is 0 Å². The minimum Gasteiger partial charge on any atom is -0.0798 e. The predicted octanol–water partition coefficient (Wildman–Crippen LogP) is 3.63. The molecular weight excluding hydrogens is 168 g/mol. The van der Waals surface area contributed by atoms with E-state index in [0.29, 0.717) is 0 Å². The van der Waals surface area contributed by atoms with Crippen LogP contribution in [0, 0.1) is 0 Å². The van der Waals surface area contributed by atoms with Gasteiger partial charge in [0, 0.05) is 0 Å². The van der Waals surface area contributed by atoms with Gasteiger partial charge < -0.3 is 0 Å². The summed E-state index contributed by atoms with van der Waals surface area (Å²) < 4.78 is 0. The minimum atomic E-state index is 1.08. The second-order valence-corrected chi connectivity index (χ2v) is 3.81. The van der Waals surface area contributed by atoms with E-state index in [-0.39, 0.29) is 0 Å². The van der Waals surface area contributed by atoms with Crippen LogP contribution in [-0.2, 0) is 0 Å². The summed E-state index contributed by atoms with van der Waals surface area (Å²) in [6.45, 7) is 0. The molecule has 0 spiro atoms. The van der Waals surface area contributed by atoms with E-state index in [1.54, 1.807) is 0 Å². The predicted molar refractivity (Wildman–Crippen MR) is 59.8 cm³/mol. The summed E-state index contributed by atoms with van der Waals surface area (Å²) in [5.41, 5.74) is 5.78. The van der Waals surface area contributed by atoms with Crippen LogP contribution in [0.5, 0.6) is 0 Å². The van der Waals surface area contributed by atoms with E-state index in [4.69, 9.17) is 0 Å². The average molecular weight is 180 g/mol. The van der Waals surface area contributed by atoms with Gasteiger partial charge in [0.05, 0.1) is 0 Å². The van der Waals surface area contributed by atoms with Crippen molar-refractivity contribution in [3.8, 4) is 0 Å². The molecule has 0 nitrogen and oxygen atoms in total. The van der Waals surface area contributed by atoms with Crippen LogP contribution in [0.2, 0.25) is 0 Å². The summed E-state index contributed by atoms with van der Waals surface area (Å²) in [5, 5.41) is 0. The first-order chi connectivity index (χ1) is 6.95. The summed E-state index contributed by atoms with van der Waals surface area (Å²) in [7, 11) is 0. The normalized spacial score (nSPS) is 22.9. The monoisotopic (exact) mass is 180 g/mol. The number of allylic oxidation sites excluding steroid dienone is 12. The first-order valence-electron chi connectivity index (χ1n) is 5.09. The van der Waals surface area contributed by atoms with Crippen LogP contribution in [0.25, 0.3) is 0 Å². The first-order valence-corrected chi connectivity index (χ1v) is 5.09. The van der Waals surface area contributed by atoms with Gasteiger partial charge in [0.1, 0.15) is 0 Å². The smallest absolute Gasteiger partial charge is 0.00880 e. The zero-order valence-corrected chi connectivity index (χ0v) is 8.03. The van der Waals surface area contributed by atoms with Crippen molar-refractivity contribution in [3.05, 3.63) is 70.9 Å². The lowest BCUT2D eigenvalue weighted by Crippen LogP contribution is -2.03. The number of hydrogen-bond acceptors (Lipinski definition) is 0. The highest BCUT2D eigenvalue weighted by Crippen LogP contribution is 2.36. The fourth-order valence-electron chi connectivity index (χ4n) is 2.28. The molecule has 14 heavy (non-hydrogen) atoms. The molecule has 3 aliphatic carbocycles. The van der Waals surface area contributed by atoms with E-state index >= 15 is 0 Å². The van der Waals surface area contributed by atoms with Crippen LogP contribution >= 0.6 is 0 Å². The van der Waals surface area contributed by atoms with Crippen molar-refractivity contribution in [2.45, 2.75) is 12.8 Å². The number of hydrogen-bond donors (Lipinski definition) is 0. The standard InChI is InChI=1S/C14H12/c1-2-6-12-8-4-10-13-9-3-7-11(5-1)14(12)13/h1-7,10H,8-9H2. The largest absolute Gasteiger partial charge is 0.0798 e. The third-order valence-electron chi connectivity index (χ3n) is 2.91. The Morgan fingerprint density at radius 1 is 0.857 bits per heavy atom. The number of rotatable bonds is 0. The maximum absolute atomic E-state index is 2.27. The van der Waals surface area contributed by atoms with E-state index < -0.39 is 0 Å². The molecule has 3 aliphatic rings. The summed E-state index contributed by atoms with van der Waals surface area (Å²) >= 11 is 0. The van der Waals surface area contributed by atoms with Gasteiger partial charge in [-0.3, -0.25) is 0 Å². The van der Waals surface area contributed by atoms with Crippen molar-refractivity contribution in [2.75, 3.05) is 0 Å². The van der Waals surface area contributed by atoms with Crippen LogP contribution in [0.3, 0.4) is 0 Å². The molecule has 0 heterocycles. The van der Waals surface area contributed by atoms with Gasteiger partial charge in [0.2, 0.25) is 0 Å². The van der Waals surface area contributed by atoms with E-state index in [9.17, 15) is 0 Å². The first kappa shape index (κ1) is 7.81. The SMILES string of the molecule is C1=CC=C2CC=CC3=C2C(=C1)C=CC3. The zero-order chi connectivity index (χ0) is 9.38. The quantitative estimate of drug-likeness (QED) is 0.534. The third kappa shape index (κ3) is 1.07. The Balaban J connectivity index is 2.25. The molecule has 0 aromatic carbocycles. The Morgan fingerprint density at radius 3 is 2.71 bits per heavy atom.